The molecule has 3 N–H and O–H groups in total. The molecular formula is C7H10BrN3O2S. The highest BCUT2D eigenvalue weighted by atomic mass is 79.9. The Balaban J connectivity index is 2.99. The van der Waals surface area contributed by atoms with Crippen molar-refractivity contribution in [1.29, 1.82) is 0 Å². The minimum atomic E-state index is -3.32. The van der Waals surface area contributed by atoms with Crippen LogP contribution in [0.2, 0.25) is 0 Å². The van der Waals surface area contributed by atoms with Gasteiger partial charge in [-0.15, -0.1) is 0 Å². The van der Waals surface area contributed by atoms with Crippen molar-refractivity contribution in [1.82, 2.24) is 4.98 Å². The van der Waals surface area contributed by atoms with Gasteiger partial charge in [0.15, 0.2) is 5.82 Å². The van der Waals surface area contributed by atoms with Gasteiger partial charge in [0.2, 0.25) is 10.0 Å². The molecule has 0 amide bonds. The first-order valence-electron chi connectivity index (χ1n) is 3.86. The molecule has 0 spiro atoms. The summed E-state index contributed by atoms with van der Waals surface area (Å²) < 4.78 is 25.4. The lowest BCUT2D eigenvalue weighted by Gasteiger charge is -2.07. The fourth-order valence-corrected chi connectivity index (χ4v) is 1.72. The van der Waals surface area contributed by atoms with Crippen molar-refractivity contribution in [3.05, 3.63) is 16.7 Å². The van der Waals surface area contributed by atoms with Gasteiger partial charge in [0.25, 0.3) is 0 Å². The van der Waals surface area contributed by atoms with Gasteiger partial charge < -0.3 is 5.73 Å². The third-order valence-corrected chi connectivity index (χ3v) is 3.21. The maximum atomic E-state index is 11.2. The molecule has 1 heterocycles. The number of nitrogen functional groups attached to an aromatic ring is 1. The predicted octanol–water partition coefficient (Wildman–Crippen LogP) is 1.19. The number of halogens is 1. The Kier molecular flexibility index (Phi) is 3.33. The van der Waals surface area contributed by atoms with Gasteiger partial charge in [-0.1, -0.05) is 0 Å². The van der Waals surface area contributed by atoms with Crippen LogP contribution in [0, 0.1) is 0 Å². The van der Waals surface area contributed by atoms with Crippen LogP contribution in [0.1, 0.15) is 6.92 Å². The molecule has 5 nitrogen and oxygen atoms in total. The number of hydrogen-bond donors (Lipinski definition) is 2. The van der Waals surface area contributed by atoms with Crippen LogP contribution in [0.4, 0.5) is 11.5 Å². The first-order valence-corrected chi connectivity index (χ1v) is 6.30. The Bertz CT molecular complexity index is 433. The number of nitrogens with one attached hydrogen (secondary N) is 1. The van der Waals surface area contributed by atoms with Crippen molar-refractivity contribution in [3.63, 3.8) is 0 Å². The van der Waals surface area contributed by atoms with E-state index in [1.54, 1.807) is 6.07 Å². The van der Waals surface area contributed by atoms with Crippen molar-refractivity contribution in [2.75, 3.05) is 16.2 Å². The zero-order chi connectivity index (χ0) is 10.8. The van der Waals surface area contributed by atoms with Gasteiger partial charge in [-0.2, -0.15) is 0 Å². The molecule has 0 aliphatic heterocycles. The molecule has 14 heavy (non-hydrogen) atoms. The van der Waals surface area contributed by atoms with Gasteiger partial charge in [0, 0.05) is 10.7 Å². The highest BCUT2D eigenvalue weighted by Gasteiger charge is 2.10. The average molecular weight is 280 g/mol. The molecule has 0 aliphatic carbocycles. The topological polar surface area (TPSA) is 85.1 Å². The van der Waals surface area contributed by atoms with Crippen molar-refractivity contribution in [2.45, 2.75) is 6.92 Å². The zero-order valence-electron chi connectivity index (χ0n) is 7.49. The molecule has 1 rings (SSSR count). The van der Waals surface area contributed by atoms with E-state index in [0.717, 1.165) is 0 Å². The fraction of sp³-hybridized carbons (Fsp3) is 0.286. The van der Waals surface area contributed by atoms with E-state index in [1.165, 1.54) is 13.1 Å². The number of anilines is 2. The Morgan fingerprint density at radius 2 is 2.29 bits per heavy atom. The maximum absolute atomic E-state index is 11.2. The van der Waals surface area contributed by atoms with Gasteiger partial charge >= 0.3 is 0 Å². The SMILES string of the molecule is CCS(=O)(=O)Nc1ncc(Br)cc1N. The summed E-state index contributed by atoms with van der Waals surface area (Å²) in [6.45, 7) is 1.54. The number of nitrogens with zero attached hydrogens (tertiary/aromatic N) is 1. The van der Waals surface area contributed by atoms with Crippen LogP contribution in [0.25, 0.3) is 0 Å². The zero-order valence-corrected chi connectivity index (χ0v) is 9.89. The van der Waals surface area contributed by atoms with Crippen molar-refractivity contribution in [3.8, 4) is 0 Å². The second-order valence-corrected chi connectivity index (χ2v) is 5.52. The molecule has 0 radical (unpaired) electrons. The fourth-order valence-electron chi connectivity index (χ4n) is 0.760. The minimum absolute atomic E-state index is 0.00974. The quantitative estimate of drug-likeness (QED) is 0.870. The summed E-state index contributed by atoms with van der Waals surface area (Å²) in [5.41, 5.74) is 5.85. The van der Waals surface area contributed by atoms with E-state index in [0.29, 0.717) is 4.47 Å². The van der Waals surface area contributed by atoms with Gasteiger partial charge in [-0.05, 0) is 28.9 Å². The minimum Gasteiger partial charge on any atom is -0.396 e. The van der Waals surface area contributed by atoms with E-state index in [1.807, 2.05) is 0 Å². The summed E-state index contributed by atoms with van der Waals surface area (Å²) in [6, 6.07) is 1.58. The molecule has 0 saturated heterocycles. The highest BCUT2D eigenvalue weighted by Crippen LogP contribution is 2.20. The summed E-state index contributed by atoms with van der Waals surface area (Å²) in [6.07, 6.45) is 1.48. The Labute approximate surface area is 90.9 Å². The van der Waals surface area contributed by atoms with Crippen LogP contribution < -0.4 is 10.5 Å². The predicted molar refractivity (Wildman–Crippen MR) is 59.4 cm³/mol. The number of nitrogens with two attached hydrogens (primary N) is 1. The van der Waals surface area contributed by atoms with E-state index in [9.17, 15) is 8.42 Å². The second kappa shape index (κ2) is 4.14. The number of pyridine rings is 1. The summed E-state index contributed by atoms with van der Waals surface area (Å²) in [5, 5.41) is 0. The third-order valence-electron chi connectivity index (χ3n) is 1.52. The van der Waals surface area contributed by atoms with Crippen LogP contribution in [0.5, 0.6) is 0 Å². The van der Waals surface area contributed by atoms with Crippen LogP contribution in [0.15, 0.2) is 16.7 Å². The molecule has 7 heteroatoms. The first-order chi connectivity index (χ1) is 6.44. The molecule has 0 aliphatic rings. The van der Waals surface area contributed by atoms with Crippen molar-refractivity contribution in [2.24, 2.45) is 0 Å². The van der Waals surface area contributed by atoms with E-state index in [-0.39, 0.29) is 17.3 Å². The number of hydrogen-bond acceptors (Lipinski definition) is 4. The molecule has 78 valence electrons. The summed E-state index contributed by atoms with van der Waals surface area (Å²) in [7, 11) is -3.32. The molecule has 0 bridgehead atoms. The molecule has 1 aromatic rings. The molecule has 0 saturated carbocycles. The monoisotopic (exact) mass is 279 g/mol. The van der Waals surface area contributed by atoms with Crippen molar-refractivity contribution < 1.29 is 8.42 Å². The lowest BCUT2D eigenvalue weighted by Crippen LogP contribution is -2.16. The lowest BCUT2D eigenvalue weighted by atomic mass is 10.4. The average Bonchev–Trinajstić information content (AvgIpc) is 2.10. The van der Waals surface area contributed by atoms with E-state index >= 15 is 0 Å². The summed E-state index contributed by atoms with van der Waals surface area (Å²) in [5.74, 6) is 0.152. The normalized spacial score (nSPS) is 11.3. The lowest BCUT2D eigenvalue weighted by molar-refractivity contribution is 0.602. The van der Waals surface area contributed by atoms with Gasteiger partial charge in [-0.25, -0.2) is 13.4 Å². The molecule has 0 aromatic carbocycles. The third kappa shape index (κ3) is 2.85. The smallest absolute Gasteiger partial charge is 0.233 e. The Morgan fingerprint density at radius 1 is 1.64 bits per heavy atom. The molecule has 0 atom stereocenters. The van der Waals surface area contributed by atoms with Crippen LogP contribution in [-0.4, -0.2) is 19.2 Å². The number of sulfonamides is 1. The van der Waals surface area contributed by atoms with Gasteiger partial charge in [-0.3, -0.25) is 4.72 Å². The van der Waals surface area contributed by atoms with E-state index in [2.05, 4.69) is 25.6 Å². The van der Waals surface area contributed by atoms with Crippen LogP contribution in [0.3, 0.4) is 0 Å². The van der Waals surface area contributed by atoms with Gasteiger partial charge in [0.1, 0.15) is 0 Å². The van der Waals surface area contributed by atoms with E-state index in [4.69, 9.17) is 5.73 Å². The summed E-state index contributed by atoms with van der Waals surface area (Å²) in [4.78, 5) is 3.85. The molecular weight excluding hydrogens is 270 g/mol. The second-order valence-electron chi connectivity index (χ2n) is 2.60. The number of aromatic nitrogens is 1. The first kappa shape index (κ1) is 11.3. The largest absolute Gasteiger partial charge is 0.396 e. The Hall–Kier alpha value is -0.820. The Morgan fingerprint density at radius 3 is 2.79 bits per heavy atom. The van der Waals surface area contributed by atoms with E-state index < -0.39 is 10.0 Å². The van der Waals surface area contributed by atoms with Crippen LogP contribution in [-0.2, 0) is 10.0 Å². The molecule has 0 fully saturated rings. The summed E-state index contributed by atoms with van der Waals surface area (Å²) >= 11 is 3.17. The molecule has 0 unspecified atom stereocenters. The standard InChI is InChI=1S/C7H10BrN3O2S/c1-2-14(12,13)11-7-6(9)3-5(8)4-10-7/h3-4H,2,9H2,1H3,(H,10,11). The van der Waals surface area contributed by atoms with Gasteiger partial charge in [0.05, 0.1) is 11.4 Å². The molecule has 1 aromatic heterocycles. The number of rotatable bonds is 3. The maximum Gasteiger partial charge on any atom is 0.233 e. The van der Waals surface area contributed by atoms with Crippen molar-refractivity contribution >= 4 is 37.5 Å². The highest BCUT2D eigenvalue weighted by molar-refractivity contribution is 9.10. The van der Waals surface area contributed by atoms with Crippen LogP contribution >= 0.6 is 15.9 Å².